The minimum atomic E-state index is 0. The lowest BCUT2D eigenvalue weighted by Gasteiger charge is -2.33. The Morgan fingerprint density at radius 2 is 2.33 bits per heavy atom. The third-order valence-corrected chi connectivity index (χ3v) is 4.94. The zero-order chi connectivity index (χ0) is 11.8. The molecule has 0 aromatic carbocycles. The summed E-state index contributed by atoms with van der Waals surface area (Å²) in [6, 6.07) is 2.44. The fourth-order valence-electron chi connectivity index (χ4n) is 2.72. The molecule has 1 aliphatic carbocycles. The van der Waals surface area contributed by atoms with Crippen LogP contribution in [0.5, 0.6) is 0 Å². The number of halogens is 1. The van der Waals surface area contributed by atoms with Crippen LogP contribution in [0.1, 0.15) is 33.5 Å². The molecular formula is C13H19ClN2OS. The van der Waals surface area contributed by atoms with Crippen LogP contribution in [0.3, 0.4) is 0 Å². The van der Waals surface area contributed by atoms with Gasteiger partial charge in [-0.1, -0.05) is 0 Å². The number of nitrogens with one attached hydrogen (secondary N) is 1. The smallest absolute Gasteiger partial charge is 0.264 e. The Kier molecular flexibility index (Phi) is 4.30. The molecule has 0 radical (unpaired) electrons. The molecule has 0 bridgehead atoms. The van der Waals surface area contributed by atoms with Gasteiger partial charge < -0.3 is 10.2 Å². The van der Waals surface area contributed by atoms with Gasteiger partial charge in [-0.2, -0.15) is 0 Å². The van der Waals surface area contributed by atoms with Crippen molar-refractivity contribution in [1.82, 2.24) is 10.2 Å². The molecule has 2 heterocycles. The minimum absolute atomic E-state index is 0. The molecule has 1 atom stereocenters. The average molecular weight is 287 g/mol. The lowest BCUT2D eigenvalue weighted by Crippen LogP contribution is -2.52. The molecule has 1 amide bonds. The molecule has 0 saturated carbocycles. The van der Waals surface area contributed by atoms with Crippen LogP contribution in [0.15, 0.2) is 6.07 Å². The Labute approximate surface area is 118 Å². The Morgan fingerprint density at radius 3 is 3.06 bits per heavy atom. The number of aryl methyl sites for hydroxylation is 2. The topological polar surface area (TPSA) is 32.3 Å². The third kappa shape index (κ3) is 2.42. The second-order valence-corrected chi connectivity index (χ2v) is 6.10. The van der Waals surface area contributed by atoms with Crippen LogP contribution >= 0.6 is 23.7 Å². The van der Waals surface area contributed by atoms with Crippen molar-refractivity contribution >= 4 is 29.7 Å². The number of rotatable bonds is 1. The van der Waals surface area contributed by atoms with Gasteiger partial charge in [-0.3, -0.25) is 4.79 Å². The van der Waals surface area contributed by atoms with E-state index in [-0.39, 0.29) is 18.3 Å². The standard InChI is InChI=1S/C13H18N2OS.ClH/c1-9-8-14-5-6-15(9)13(16)12-7-10-3-2-4-11(10)17-12;/h7,9,14H,2-6,8H2,1H3;1H/t9-;/m1./s1. The first-order valence-corrected chi connectivity index (χ1v) is 7.20. The van der Waals surface area contributed by atoms with Crippen LogP contribution in [0.2, 0.25) is 0 Å². The first kappa shape index (κ1) is 13.8. The largest absolute Gasteiger partial charge is 0.333 e. The summed E-state index contributed by atoms with van der Waals surface area (Å²) in [6.45, 7) is 4.78. The van der Waals surface area contributed by atoms with Crippen molar-refractivity contribution in [3.63, 3.8) is 0 Å². The summed E-state index contributed by atoms with van der Waals surface area (Å²) < 4.78 is 0. The zero-order valence-electron chi connectivity index (χ0n) is 10.6. The zero-order valence-corrected chi connectivity index (χ0v) is 12.2. The van der Waals surface area contributed by atoms with Crippen molar-refractivity contribution in [2.24, 2.45) is 0 Å². The van der Waals surface area contributed by atoms with E-state index in [1.807, 2.05) is 4.90 Å². The van der Waals surface area contributed by atoms with Gasteiger partial charge in [0.25, 0.3) is 5.91 Å². The van der Waals surface area contributed by atoms with E-state index >= 15 is 0 Å². The molecule has 5 heteroatoms. The molecule has 2 aliphatic rings. The van der Waals surface area contributed by atoms with Gasteiger partial charge in [0.15, 0.2) is 0 Å². The van der Waals surface area contributed by atoms with Gasteiger partial charge in [0.05, 0.1) is 4.88 Å². The van der Waals surface area contributed by atoms with Crippen LogP contribution in [0.25, 0.3) is 0 Å². The van der Waals surface area contributed by atoms with Gasteiger partial charge in [0, 0.05) is 30.6 Å². The van der Waals surface area contributed by atoms with Crippen LogP contribution in [-0.4, -0.2) is 36.5 Å². The molecular weight excluding hydrogens is 268 g/mol. The second kappa shape index (κ2) is 5.59. The van der Waals surface area contributed by atoms with E-state index in [9.17, 15) is 4.79 Å². The SMILES string of the molecule is C[C@@H]1CNCCN1C(=O)c1cc2c(s1)CCC2.Cl. The number of piperazine rings is 1. The van der Waals surface area contributed by atoms with Crippen LogP contribution in [-0.2, 0) is 12.8 Å². The highest BCUT2D eigenvalue weighted by Gasteiger charge is 2.26. The van der Waals surface area contributed by atoms with E-state index in [0.29, 0.717) is 6.04 Å². The van der Waals surface area contributed by atoms with Crippen molar-refractivity contribution in [2.75, 3.05) is 19.6 Å². The number of carbonyl (C=O) groups is 1. The van der Waals surface area contributed by atoms with Gasteiger partial charge in [0.1, 0.15) is 0 Å². The Morgan fingerprint density at radius 1 is 1.50 bits per heavy atom. The predicted octanol–water partition coefficient (Wildman–Crippen LogP) is 2.09. The summed E-state index contributed by atoms with van der Waals surface area (Å²) in [4.78, 5) is 16.8. The molecule has 1 aliphatic heterocycles. The first-order valence-electron chi connectivity index (χ1n) is 6.39. The van der Waals surface area contributed by atoms with Gasteiger partial charge >= 0.3 is 0 Å². The minimum Gasteiger partial charge on any atom is -0.333 e. The molecule has 1 N–H and O–H groups in total. The van der Waals surface area contributed by atoms with Gasteiger partial charge in [-0.05, 0) is 37.8 Å². The summed E-state index contributed by atoms with van der Waals surface area (Å²) in [7, 11) is 0. The number of hydrogen-bond acceptors (Lipinski definition) is 3. The normalized spacial score (nSPS) is 22.5. The van der Waals surface area contributed by atoms with Crippen molar-refractivity contribution in [1.29, 1.82) is 0 Å². The van der Waals surface area contributed by atoms with E-state index in [2.05, 4.69) is 18.3 Å². The maximum atomic E-state index is 12.4. The number of nitrogens with zero attached hydrogens (tertiary/aromatic N) is 1. The predicted molar refractivity (Wildman–Crippen MR) is 77.0 cm³/mol. The molecule has 1 aromatic heterocycles. The summed E-state index contributed by atoms with van der Waals surface area (Å²) in [6.07, 6.45) is 3.60. The lowest BCUT2D eigenvalue weighted by atomic mass is 10.2. The highest BCUT2D eigenvalue weighted by Crippen LogP contribution is 2.31. The van der Waals surface area contributed by atoms with Crippen LogP contribution in [0, 0.1) is 0 Å². The molecule has 100 valence electrons. The fraction of sp³-hybridized carbons (Fsp3) is 0.615. The number of hydrogen-bond donors (Lipinski definition) is 1. The molecule has 1 fully saturated rings. The van der Waals surface area contributed by atoms with E-state index in [1.165, 1.54) is 23.3 Å². The number of carbonyl (C=O) groups excluding carboxylic acids is 1. The molecule has 18 heavy (non-hydrogen) atoms. The van der Waals surface area contributed by atoms with E-state index < -0.39 is 0 Å². The Hall–Kier alpha value is -0.580. The van der Waals surface area contributed by atoms with Crippen LogP contribution < -0.4 is 5.32 Å². The molecule has 1 saturated heterocycles. The average Bonchev–Trinajstić information content (AvgIpc) is 2.88. The third-order valence-electron chi connectivity index (χ3n) is 3.72. The van der Waals surface area contributed by atoms with Gasteiger partial charge in [-0.25, -0.2) is 0 Å². The number of thiophene rings is 1. The summed E-state index contributed by atoms with van der Waals surface area (Å²) in [5, 5.41) is 3.32. The van der Waals surface area contributed by atoms with E-state index in [0.717, 1.165) is 30.9 Å². The van der Waals surface area contributed by atoms with Crippen molar-refractivity contribution in [2.45, 2.75) is 32.2 Å². The fourth-order valence-corrected chi connectivity index (χ4v) is 3.93. The highest BCUT2D eigenvalue weighted by molar-refractivity contribution is 7.14. The summed E-state index contributed by atoms with van der Waals surface area (Å²) in [5.74, 6) is 0.235. The van der Waals surface area contributed by atoms with Gasteiger partial charge in [0.2, 0.25) is 0 Å². The number of fused-ring (bicyclic) bond motifs is 1. The quantitative estimate of drug-likeness (QED) is 0.857. The molecule has 3 rings (SSSR count). The Balaban J connectivity index is 0.00000120. The molecule has 0 spiro atoms. The summed E-state index contributed by atoms with van der Waals surface area (Å²) in [5.41, 5.74) is 1.42. The van der Waals surface area contributed by atoms with E-state index in [1.54, 1.807) is 11.3 Å². The van der Waals surface area contributed by atoms with E-state index in [4.69, 9.17) is 0 Å². The first-order chi connectivity index (χ1) is 8.25. The molecule has 1 aromatic rings. The molecule has 0 unspecified atom stereocenters. The Bertz CT molecular complexity index is 425. The second-order valence-electron chi connectivity index (χ2n) is 4.96. The van der Waals surface area contributed by atoms with Crippen molar-refractivity contribution in [3.05, 3.63) is 21.4 Å². The summed E-state index contributed by atoms with van der Waals surface area (Å²) >= 11 is 1.71. The monoisotopic (exact) mass is 286 g/mol. The highest BCUT2D eigenvalue weighted by atomic mass is 35.5. The van der Waals surface area contributed by atoms with Crippen LogP contribution in [0.4, 0.5) is 0 Å². The lowest BCUT2D eigenvalue weighted by molar-refractivity contribution is 0.0660. The van der Waals surface area contributed by atoms with Gasteiger partial charge in [-0.15, -0.1) is 23.7 Å². The van der Waals surface area contributed by atoms with Crippen molar-refractivity contribution < 1.29 is 4.79 Å². The molecule has 3 nitrogen and oxygen atoms in total. The number of amides is 1. The maximum Gasteiger partial charge on any atom is 0.264 e. The maximum absolute atomic E-state index is 12.4. The van der Waals surface area contributed by atoms with Crippen molar-refractivity contribution in [3.8, 4) is 0 Å².